The van der Waals surface area contributed by atoms with E-state index in [2.05, 4.69) is 20.3 Å². The molecule has 0 atom stereocenters. The fourth-order valence-corrected chi connectivity index (χ4v) is 2.15. The summed E-state index contributed by atoms with van der Waals surface area (Å²) < 4.78 is 19.9. The summed E-state index contributed by atoms with van der Waals surface area (Å²) in [7, 11) is 1.66. The second-order valence-electron chi connectivity index (χ2n) is 4.81. The Kier molecular flexibility index (Phi) is 4.24. The van der Waals surface area contributed by atoms with Crippen molar-refractivity contribution in [2.75, 3.05) is 19.0 Å². The lowest BCUT2D eigenvalue weighted by molar-refractivity contribution is 0.188. The van der Waals surface area contributed by atoms with E-state index in [0.717, 1.165) is 11.2 Å². The molecule has 1 aromatic carbocycles. The Morgan fingerprint density at radius 2 is 2.00 bits per heavy atom. The zero-order valence-electron chi connectivity index (χ0n) is 12.2. The first kappa shape index (κ1) is 14.4. The largest absolute Gasteiger partial charge is 0.383 e. The van der Waals surface area contributed by atoms with Crippen LogP contribution >= 0.6 is 0 Å². The van der Waals surface area contributed by atoms with Gasteiger partial charge < -0.3 is 14.6 Å². The van der Waals surface area contributed by atoms with Crippen LogP contribution in [-0.4, -0.2) is 33.2 Å². The first-order valence-electron chi connectivity index (χ1n) is 6.91. The third-order valence-corrected chi connectivity index (χ3v) is 3.31. The Morgan fingerprint density at radius 1 is 1.18 bits per heavy atom. The number of anilines is 1. The lowest BCUT2D eigenvalue weighted by atomic mass is 10.2. The van der Waals surface area contributed by atoms with E-state index in [1.807, 2.05) is 4.57 Å². The van der Waals surface area contributed by atoms with Gasteiger partial charge in [0.05, 0.1) is 12.9 Å². The first-order valence-corrected chi connectivity index (χ1v) is 6.91. The number of aromatic nitrogens is 4. The van der Waals surface area contributed by atoms with Gasteiger partial charge in [-0.1, -0.05) is 12.1 Å². The molecule has 0 amide bonds. The Balaban J connectivity index is 1.78. The van der Waals surface area contributed by atoms with Crippen molar-refractivity contribution in [2.24, 2.45) is 0 Å². The van der Waals surface area contributed by atoms with E-state index >= 15 is 0 Å². The van der Waals surface area contributed by atoms with Crippen LogP contribution in [0.2, 0.25) is 0 Å². The smallest absolute Gasteiger partial charge is 0.165 e. The van der Waals surface area contributed by atoms with Crippen molar-refractivity contribution in [3.05, 3.63) is 48.3 Å². The van der Waals surface area contributed by atoms with Crippen molar-refractivity contribution in [2.45, 2.75) is 13.1 Å². The molecule has 3 rings (SSSR count). The van der Waals surface area contributed by atoms with Crippen molar-refractivity contribution >= 4 is 17.0 Å². The Hall–Kier alpha value is -2.54. The van der Waals surface area contributed by atoms with Gasteiger partial charge in [0.15, 0.2) is 11.5 Å². The Labute approximate surface area is 127 Å². The molecule has 0 radical (unpaired) electrons. The number of hydrogen-bond donors (Lipinski definition) is 1. The molecule has 2 aromatic heterocycles. The molecule has 0 spiro atoms. The number of halogens is 1. The molecule has 0 fully saturated rings. The standard InChI is InChI=1S/C15H16FN5O/c1-22-7-6-21-10-20-13-14(18-9-19-15(13)21)17-8-11-2-4-12(16)5-3-11/h2-5,9-10H,6-8H2,1H3,(H,17,18,19). The topological polar surface area (TPSA) is 64.9 Å². The maximum Gasteiger partial charge on any atom is 0.165 e. The highest BCUT2D eigenvalue weighted by Crippen LogP contribution is 2.18. The second-order valence-corrected chi connectivity index (χ2v) is 4.81. The van der Waals surface area contributed by atoms with Crippen molar-refractivity contribution in [1.29, 1.82) is 0 Å². The Morgan fingerprint density at radius 3 is 2.77 bits per heavy atom. The predicted molar refractivity (Wildman–Crippen MR) is 80.9 cm³/mol. The molecule has 7 heteroatoms. The second kappa shape index (κ2) is 6.48. The summed E-state index contributed by atoms with van der Waals surface area (Å²) in [5, 5.41) is 3.21. The molecule has 2 heterocycles. The highest BCUT2D eigenvalue weighted by molar-refractivity contribution is 5.82. The van der Waals surface area contributed by atoms with Gasteiger partial charge in [0.25, 0.3) is 0 Å². The van der Waals surface area contributed by atoms with Crippen LogP contribution in [0.4, 0.5) is 10.2 Å². The summed E-state index contributed by atoms with van der Waals surface area (Å²) in [6.45, 7) is 1.81. The number of methoxy groups -OCH3 is 1. The van der Waals surface area contributed by atoms with Crippen LogP contribution in [0.3, 0.4) is 0 Å². The normalized spacial score (nSPS) is 11.0. The van der Waals surface area contributed by atoms with Gasteiger partial charge in [0, 0.05) is 20.2 Å². The molecular weight excluding hydrogens is 285 g/mol. The van der Waals surface area contributed by atoms with Crippen LogP contribution in [0.1, 0.15) is 5.56 Å². The van der Waals surface area contributed by atoms with Gasteiger partial charge in [-0.2, -0.15) is 0 Å². The van der Waals surface area contributed by atoms with Crippen LogP contribution in [-0.2, 0) is 17.8 Å². The van der Waals surface area contributed by atoms with E-state index in [1.54, 1.807) is 25.6 Å². The number of nitrogens with zero attached hydrogens (tertiary/aromatic N) is 4. The third kappa shape index (κ3) is 3.04. The third-order valence-electron chi connectivity index (χ3n) is 3.31. The van der Waals surface area contributed by atoms with Crippen molar-refractivity contribution < 1.29 is 9.13 Å². The molecule has 0 bridgehead atoms. The lowest BCUT2D eigenvalue weighted by Gasteiger charge is -2.07. The highest BCUT2D eigenvalue weighted by atomic mass is 19.1. The maximum atomic E-state index is 12.9. The van der Waals surface area contributed by atoms with E-state index in [9.17, 15) is 4.39 Å². The van der Waals surface area contributed by atoms with E-state index in [-0.39, 0.29) is 5.82 Å². The fraction of sp³-hybridized carbons (Fsp3) is 0.267. The number of imidazole rings is 1. The van der Waals surface area contributed by atoms with Crippen LogP contribution in [0.25, 0.3) is 11.2 Å². The lowest BCUT2D eigenvalue weighted by Crippen LogP contribution is -2.05. The monoisotopic (exact) mass is 301 g/mol. The molecule has 22 heavy (non-hydrogen) atoms. The Bertz CT molecular complexity index is 756. The van der Waals surface area contributed by atoms with Gasteiger partial charge >= 0.3 is 0 Å². The van der Waals surface area contributed by atoms with Crippen LogP contribution in [0, 0.1) is 5.82 Å². The van der Waals surface area contributed by atoms with E-state index < -0.39 is 0 Å². The van der Waals surface area contributed by atoms with Gasteiger partial charge in [-0.3, -0.25) is 0 Å². The van der Waals surface area contributed by atoms with Crippen LogP contribution in [0.15, 0.2) is 36.9 Å². The molecule has 3 aromatic rings. The summed E-state index contributed by atoms with van der Waals surface area (Å²) in [5.41, 5.74) is 2.43. The molecule has 0 aliphatic rings. The molecule has 0 aliphatic heterocycles. The van der Waals surface area contributed by atoms with Crippen molar-refractivity contribution in [3.8, 4) is 0 Å². The minimum atomic E-state index is -0.245. The average molecular weight is 301 g/mol. The van der Waals surface area contributed by atoms with Crippen LogP contribution in [0.5, 0.6) is 0 Å². The number of hydrogen-bond acceptors (Lipinski definition) is 5. The number of rotatable bonds is 6. The van der Waals surface area contributed by atoms with Gasteiger partial charge in [0.1, 0.15) is 17.7 Å². The van der Waals surface area contributed by atoms with Crippen molar-refractivity contribution in [3.63, 3.8) is 0 Å². The molecule has 114 valence electrons. The van der Waals surface area contributed by atoms with E-state index in [4.69, 9.17) is 4.74 Å². The number of ether oxygens (including phenoxy) is 1. The fourth-order valence-electron chi connectivity index (χ4n) is 2.15. The van der Waals surface area contributed by atoms with Gasteiger partial charge in [-0.15, -0.1) is 0 Å². The zero-order valence-corrected chi connectivity index (χ0v) is 12.2. The summed E-state index contributed by atoms with van der Waals surface area (Å²) in [6, 6.07) is 6.34. The summed E-state index contributed by atoms with van der Waals surface area (Å²) in [5.74, 6) is 0.413. The van der Waals surface area contributed by atoms with Gasteiger partial charge in [0.2, 0.25) is 0 Å². The highest BCUT2D eigenvalue weighted by Gasteiger charge is 2.09. The predicted octanol–water partition coefficient (Wildman–Crippen LogP) is 2.22. The van der Waals surface area contributed by atoms with Crippen LogP contribution < -0.4 is 5.32 Å². The first-order chi connectivity index (χ1) is 10.8. The average Bonchev–Trinajstić information content (AvgIpc) is 2.96. The molecule has 0 saturated carbocycles. The quantitative estimate of drug-likeness (QED) is 0.756. The SMILES string of the molecule is COCCn1cnc2c(NCc3ccc(F)cc3)ncnc21. The van der Waals surface area contributed by atoms with E-state index in [0.29, 0.717) is 31.0 Å². The molecule has 0 unspecified atom stereocenters. The molecule has 0 aliphatic carbocycles. The van der Waals surface area contributed by atoms with Crippen molar-refractivity contribution in [1.82, 2.24) is 19.5 Å². The summed E-state index contributed by atoms with van der Waals surface area (Å²) >= 11 is 0. The molecule has 6 nitrogen and oxygen atoms in total. The minimum absolute atomic E-state index is 0.245. The zero-order chi connectivity index (χ0) is 15.4. The molecular formula is C15H16FN5O. The van der Waals surface area contributed by atoms with Gasteiger partial charge in [-0.25, -0.2) is 19.3 Å². The molecule has 0 saturated heterocycles. The minimum Gasteiger partial charge on any atom is -0.383 e. The number of nitrogens with one attached hydrogen (secondary N) is 1. The summed E-state index contributed by atoms with van der Waals surface area (Å²) in [6.07, 6.45) is 3.22. The maximum absolute atomic E-state index is 12.9. The van der Waals surface area contributed by atoms with Gasteiger partial charge in [-0.05, 0) is 17.7 Å². The number of fused-ring (bicyclic) bond motifs is 1. The molecule has 1 N–H and O–H groups in total. The summed E-state index contributed by atoms with van der Waals surface area (Å²) in [4.78, 5) is 12.9. The number of benzene rings is 1. The van der Waals surface area contributed by atoms with E-state index in [1.165, 1.54) is 18.5 Å².